The molecule has 5 nitrogen and oxygen atoms in total. The number of halogens is 4. The Bertz CT molecular complexity index is 1150. The molecule has 0 bridgehead atoms. The molecule has 1 heterocycles. The normalized spacial score (nSPS) is 11.8. The third-order valence-corrected chi connectivity index (χ3v) is 5.38. The van der Waals surface area contributed by atoms with Gasteiger partial charge in [0.05, 0.1) is 23.5 Å². The van der Waals surface area contributed by atoms with E-state index in [2.05, 4.69) is 5.10 Å². The lowest BCUT2D eigenvalue weighted by molar-refractivity contribution is 0.145. The summed E-state index contributed by atoms with van der Waals surface area (Å²) >= 11 is 6.11. The molecule has 2 aromatic carbocycles. The molecule has 0 saturated carbocycles. The van der Waals surface area contributed by atoms with Crippen molar-refractivity contribution in [1.29, 1.82) is 0 Å². The molecular formula is C18H14ClF3N2O3S. The fourth-order valence-corrected chi connectivity index (χ4v) is 3.64. The molecule has 148 valence electrons. The minimum atomic E-state index is -3.77. The number of alkyl halides is 2. The number of rotatable bonds is 5. The monoisotopic (exact) mass is 430 g/mol. The third-order valence-electron chi connectivity index (χ3n) is 3.96. The van der Waals surface area contributed by atoms with Gasteiger partial charge >= 0.3 is 0 Å². The number of sulfone groups is 1. The van der Waals surface area contributed by atoms with Crippen LogP contribution in [0, 0.1) is 5.82 Å². The summed E-state index contributed by atoms with van der Waals surface area (Å²) in [5, 5.41) is 4.09. The zero-order valence-electron chi connectivity index (χ0n) is 14.7. The molecule has 1 aromatic heterocycles. The number of methoxy groups -OCH3 is 1. The molecule has 0 radical (unpaired) electrons. The molecule has 0 N–H and O–H groups in total. The Morgan fingerprint density at radius 3 is 2.39 bits per heavy atom. The molecule has 0 fully saturated rings. The van der Waals surface area contributed by atoms with Crippen LogP contribution in [0.1, 0.15) is 12.1 Å². The molecule has 0 aliphatic rings. The zero-order chi connectivity index (χ0) is 20.6. The molecule has 0 atom stereocenters. The van der Waals surface area contributed by atoms with Crippen LogP contribution in [0.3, 0.4) is 0 Å². The predicted octanol–water partition coefficient (Wildman–Crippen LogP) is 4.68. The predicted molar refractivity (Wildman–Crippen MR) is 98.6 cm³/mol. The van der Waals surface area contributed by atoms with Gasteiger partial charge in [0.25, 0.3) is 6.43 Å². The van der Waals surface area contributed by atoms with E-state index in [-0.39, 0.29) is 16.4 Å². The quantitative estimate of drug-likeness (QED) is 0.589. The van der Waals surface area contributed by atoms with Gasteiger partial charge in [0, 0.05) is 17.9 Å². The Hall–Kier alpha value is -2.52. The van der Waals surface area contributed by atoms with Crippen molar-refractivity contribution >= 4 is 21.4 Å². The highest BCUT2D eigenvalue weighted by atomic mass is 35.5. The Kier molecular flexibility index (Phi) is 5.40. The highest BCUT2D eigenvalue weighted by Crippen LogP contribution is 2.33. The first-order valence-corrected chi connectivity index (χ1v) is 10.1. The van der Waals surface area contributed by atoms with E-state index in [0.29, 0.717) is 11.3 Å². The minimum absolute atomic E-state index is 0.0822. The molecule has 0 aliphatic carbocycles. The van der Waals surface area contributed by atoms with Crippen LogP contribution >= 0.6 is 11.6 Å². The van der Waals surface area contributed by atoms with Gasteiger partial charge in [0.2, 0.25) is 0 Å². The van der Waals surface area contributed by atoms with E-state index < -0.39 is 32.7 Å². The van der Waals surface area contributed by atoms with Gasteiger partial charge in [-0.05, 0) is 36.4 Å². The van der Waals surface area contributed by atoms with Crippen molar-refractivity contribution in [2.45, 2.75) is 11.3 Å². The summed E-state index contributed by atoms with van der Waals surface area (Å²) in [5.74, 6) is -0.609. The van der Waals surface area contributed by atoms with Crippen LogP contribution in [0.5, 0.6) is 5.75 Å². The fraction of sp³-hybridized carbons (Fsp3) is 0.167. The van der Waals surface area contributed by atoms with Crippen LogP contribution in [0.4, 0.5) is 13.2 Å². The molecule has 3 aromatic rings. The van der Waals surface area contributed by atoms with Crippen molar-refractivity contribution in [1.82, 2.24) is 9.78 Å². The average Bonchev–Trinajstić information content (AvgIpc) is 3.06. The van der Waals surface area contributed by atoms with E-state index in [0.717, 1.165) is 29.1 Å². The lowest BCUT2D eigenvalue weighted by atomic mass is 10.1. The first-order chi connectivity index (χ1) is 13.1. The molecule has 0 saturated heterocycles. The summed E-state index contributed by atoms with van der Waals surface area (Å²) in [6.45, 7) is 0. The Morgan fingerprint density at radius 2 is 1.86 bits per heavy atom. The number of hydrogen-bond acceptors (Lipinski definition) is 4. The highest BCUT2D eigenvalue weighted by molar-refractivity contribution is 7.90. The molecule has 0 aliphatic heterocycles. The minimum Gasteiger partial charge on any atom is -0.495 e. The van der Waals surface area contributed by atoms with Crippen molar-refractivity contribution in [3.8, 4) is 22.7 Å². The van der Waals surface area contributed by atoms with Crippen molar-refractivity contribution < 1.29 is 26.3 Å². The van der Waals surface area contributed by atoms with Gasteiger partial charge in [-0.25, -0.2) is 26.3 Å². The van der Waals surface area contributed by atoms with Gasteiger partial charge in [0.15, 0.2) is 9.84 Å². The fourth-order valence-electron chi connectivity index (χ4n) is 2.66. The second-order valence-corrected chi connectivity index (χ2v) is 8.29. The second-order valence-electron chi connectivity index (χ2n) is 5.90. The summed E-state index contributed by atoms with van der Waals surface area (Å²) in [7, 11) is -2.34. The summed E-state index contributed by atoms with van der Waals surface area (Å²) in [5.41, 5.74) is 0.234. The van der Waals surface area contributed by atoms with Gasteiger partial charge < -0.3 is 4.74 Å². The first kappa shape index (κ1) is 20.2. The van der Waals surface area contributed by atoms with E-state index in [1.807, 2.05) is 0 Å². The molecule has 10 heteroatoms. The van der Waals surface area contributed by atoms with Crippen LogP contribution in [-0.2, 0) is 9.84 Å². The van der Waals surface area contributed by atoms with Crippen molar-refractivity contribution in [2.24, 2.45) is 0 Å². The summed E-state index contributed by atoms with van der Waals surface area (Å²) < 4.78 is 70.1. The molecule has 3 rings (SSSR count). The smallest absolute Gasteiger partial charge is 0.282 e. The van der Waals surface area contributed by atoms with E-state index in [4.69, 9.17) is 16.3 Å². The van der Waals surface area contributed by atoms with Crippen molar-refractivity contribution in [3.63, 3.8) is 0 Å². The van der Waals surface area contributed by atoms with Crippen molar-refractivity contribution in [3.05, 3.63) is 59.0 Å². The SMILES string of the molecule is COc1ccc(-c2cc(C(F)F)nn2-c2ccc(S(C)(=O)=O)c(F)c2)cc1Cl. The van der Waals surface area contributed by atoms with E-state index in [1.54, 1.807) is 12.1 Å². The number of benzene rings is 2. The van der Waals surface area contributed by atoms with Crippen LogP contribution < -0.4 is 4.74 Å². The maximum absolute atomic E-state index is 14.3. The lowest BCUT2D eigenvalue weighted by Crippen LogP contribution is -2.05. The lowest BCUT2D eigenvalue weighted by Gasteiger charge is -2.10. The summed E-state index contributed by atoms with van der Waals surface area (Å²) in [6.07, 6.45) is -1.98. The van der Waals surface area contributed by atoms with Gasteiger partial charge in [0.1, 0.15) is 22.2 Å². The Morgan fingerprint density at radius 1 is 1.14 bits per heavy atom. The standard InChI is InChI=1S/C18H14ClF3N2O3S/c1-27-16-5-3-10(7-12(16)19)15-9-14(18(21)22)23-24(15)11-4-6-17(13(20)8-11)28(2,25)26/h3-9,18H,1-2H3. The van der Waals surface area contributed by atoms with Crippen LogP contribution in [-0.4, -0.2) is 31.6 Å². The van der Waals surface area contributed by atoms with Gasteiger partial charge in [-0.1, -0.05) is 11.6 Å². The Labute approximate surface area is 164 Å². The molecule has 0 unspecified atom stereocenters. The molecule has 0 spiro atoms. The van der Waals surface area contributed by atoms with Crippen LogP contribution in [0.25, 0.3) is 16.9 Å². The second kappa shape index (κ2) is 7.48. The Balaban J connectivity index is 2.19. The van der Waals surface area contributed by atoms with Gasteiger partial charge in [-0.3, -0.25) is 0 Å². The molecule has 28 heavy (non-hydrogen) atoms. The van der Waals surface area contributed by atoms with Crippen LogP contribution in [0.15, 0.2) is 47.4 Å². The maximum Gasteiger partial charge on any atom is 0.282 e. The maximum atomic E-state index is 14.3. The van der Waals surface area contributed by atoms with Crippen molar-refractivity contribution in [2.75, 3.05) is 13.4 Å². The average molecular weight is 431 g/mol. The van der Waals surface area contributed by atoms with E-state index in [9.17, 15) is 21.6 Å². The summed E-state index contributed by atoms with van der Waals surface area (Å²) in [4.78, 5) is -0.494. The van der Waals surface area contributed by atoms with E-state index in [1.165, 1.54) is 19.2 Å². The first-order valence-electron chi connectivity index (χ1n) is 7.84. The van der Waals surface area contributed by atoms with Gasteiger partial charge in [-0.15, -0.1) is 0 Å². The third kappa shape index (κ3) is 3.85. The molecule has 0 amide bonds. The number of aromatic nitrogens is 2. The zero-order valence-corrected chi connectivity index (χ0v) is 16.2. The highest BCUT2D eigenvalue weighted by Gasteiger charge is 2.20. The van der Waals surface area contributed by atoms with Gasteiger partial charge in [-0.2, -0.15) is 5.10 Å². The largest absolute Gasteiger partial charge is 0.495 e. The number of hydrogen-bond donors (Lipinski definition) is 0. The number of ether oxygens (including phenoxy) is 1. The van der Waals surface area contributed by atoms with E-state index >= 15 is 0 Å². The van der Waals surface area contributed by atoms with Crippen LogP contribution in [0.2, 0.25) is 5.02 Å². The summed E-state index contributed by atoms with van der Waals surface area (Å²) in [6, 6.07) is 9.09. The number of nitrogens with zero attached hydrogens (tertiary/aromatic N) is 2. The molecular weight excluding hydrogens is 417 g/mol. The topological polar surface area (TPSA) is 61.2 Å².